The van der Waals surface area contributed by atoms with Crippen LogP contribution < -0.4 is 16.0 Å². The lowest BCUT2D eigenvalue weighted by Crippen LogP contribution is -2.49. The zero-order valence-electron chi connectivity index (χ0n) is 37.5. The number of unbranched alkanes of at least 4 members (excludes halogenated alkanes) is 36. The lowest BCUT2D eigenvalue weighted by molar-refractivity contribution is -0.124. The molecule has 0 radical (unpaired) electrons. The Morgan fingerprint density at radius 2 is 0.600 bits per heavy atom. The van der Waals surface area contributed by atoms with E-state index in [1.807, 2.05) is 0 Å². The molecule has 0 unspecified atom stereocenters. The second-order valence-corrected chi connectivity index (χ2v) is 17.2. The molecular weight excluding hydrogens is 679 g/mol. The standard InChI is InChI=1S/C49H99N3O3/c1-3-5-7-9-11-13-15-17-19-21-23-25-27-29-31-33-35-37-39-41-48(54)51-47(43-44-50-45-46-53)52-49(55)42-40-38-36-34-32-30-28-26-24-22-20-18-16-14-12-10-8-6-4-2/h47,50,53H,3-46H2,1-2H3,(H,51,54)(H,52,55). The molecule has 0 heterocycles. The van der Waals surface area contributed by atoms with Gasteiger partial charge in [-0.25, -0.2) is 0 Å². The molecule has 0 spiro atoms. The maximum Gasteiger partial charge on any atom is 0.221 e. The molecule has 0 saturated carbocycles. The molecule has 4 N–H and O–H groups in total. The number of carbonyl (C=O) groups is 2. The smallest absolute Gasteiger partial charge is 0.221 e. The van der Waals surface area contributed by atoms with E-state index in [1.165, 1.54) is 218 Å². The van der Waals surface area contributed by atoms with Gasteiger partial charge in [0.05, 0.1) is 6.61 Å². The van der Waals surface area contributed by atoms with Crippen LogP contribution in [0, 0.1) is 0 Å². The molecule has 328 valence electrons. The molecular formula is C49H99N3O3. The molecule has 0 aliphatic rings. The Hall–Kier alpha value is -1.14. The van der Waals surface area contributed by atoms with Crippen molar-refractivity contribution in [2.45, 2.75) is 283 Å². The molecule has 0 aromatic carbocycles. The van der Waals surface area contributed by atoms with Crippen LogP contribution in [0.2, 0.25) is 0 Å². The van der Waals surface area contributed by atoms with Gasteiger partial charge in [0, 0.05) is 19.4 Å². The van der Waals surface area contributed by atoms with Crippen molar-refractivity contribution in [3.05, 3.63) is 0 Å². The SMILES string of the molecule is CCCCCCCCCCCCCCCCCCCCCC(=O)NC(CCNCCO)NC(=O)CCCCCCCCCCCCCCCCCCCCC. The minimum absolute atomic E-state index is 0.0305. The van der Waals surface area contributed by atoms with Crippen LogP contribution in [0.4, 0.5) is 0 Å². The van der Waals surface area contributed by atoms with E-state index >= 15 is 0 Å². The molecule has 0 saturated heterocycles. The highest BCUT2D eigenvalue weighted by Gasteiger charge is 2.15. The third-order valence-corrected chi connectivity index (χ3v) is 11.6. The fourth-order valence-electron chi connectivity index (χ4n) is 7.89. The van der Waals surface area contributed by atoms with Crippen LogP contribution in [0.25, 0.3) is 0 Å². The van der Waals surface area contributed by atoms with Gasteiger partial charge in [0.15, 0.2) is 0 Å². The van der Waals surface area contributed by atoms with Crippen LogP contribution in [0.1, 0.15) is 277 Å². The Morgan fingerprint density at radius 3 is 0.836 bits per heavy atom. The Labute approximate surface area is 344 Å². The van der Waals surface area contributed by atoms with Gasteiger partial charge in [-0.15, -0.1) is 0 Å². The minimum Gasteiger partial charge on any atom is -0.395 e. The second kappa shape index (κ2) is 47.2. The van der Waals surface area contributed by atoms with Crippen molar-refractivity contribution in [2.75, 3.05) is 19.7 Å². The largest absolute Gasteiger partial charge is 0.395 e. The van der Waals surface area contributed by atoms with E-state index in [2.05, 4.69) is 29.8 Å². The van der Waals surface area contributed by atoms with Gasteiger partial charge in [-0.05, 0) is 25.8 Å². The highest BCUT2D eigenvalue weighted by atomic mass is 16.3. The third kappa shape index (κ3) is 45.4. The van der Waals surface area contributed by atoms with Crippen LogP contribution >= 0.6 is 0 Å². The molecule has 0 fully saturated rings. The molecule has 0 aliphatic carbocycles. The molecule has 0 rings (SSSR count). The lowest BCUT2D eigenvalue weighted by atomic mass is 10.0. The number of hydrogen-bond acceptors (Lipinski definition) is 4. The van der Waals surface area contributed by atoms with E-state index in [4.69, 9.17) is 5.11 Å². The molecule has 2 amide bonds. The molecule has 6 nitrogen and oxygen atoms in total. The van der Waals surface area contributed by atoms with E-state index in [9.17, 15) is 9.59 Å². The predicted octanol–water partition coefficient (Wildman–Crippen LogP) is 14.2. The molecule has 55 heavy (non-hydrogen) atoms. The number of nitrogens with one attached hydrogen (secondary N) is 3. The molecule has 6 heteroatoms. The molecule has 0 aromatic heterocycles. The van der Waals surface area contributed by atoms with Crippen molar-refractivity contribution >= 4 is 11.8 Å². The first-order chi connectivity index (χ1) is 27.1. The van der Waals surface area contributed by atoms with Crippen molar-refractivity contribution < 1.29 is 14.7 Å². The van der Waals surface area contributed by atoms with E-state index in [0.717, 1.165) is 25.7 Å². The fraction of sp³-hybridized carbons (Fsp3) is 0.959. The van der Waals surface area contributed by atoms with Crippen molar-refractivity contribution in [3.8, 4) is 0 Å². The van der Waals surface area contributed by atoms with Gasteiger partial charge in [-0.1, -0.05) is 245 Å². The maximum absolute atomic E-state index is 12.7. The number of carbonyl (C=O) groups excluding carboxylic acids is 2. The normalized spacial score (nSPS) is 11.5. The van der Waals surface area contributed by atoms with E-state index < -0.39 is 0 Å². The number of hydrogen-bond donors (Lipinski definition) is 4. The highest BCUT2D eigenvalue weighted by molar-refractivity contribution is 5.79. The van der Waals surface area contributed by atoms with E-state index in [-0.39, 0.29) is 24.6 Å². The first-order valence-electron chi connectivity index (χ1n) is 25.0. The van der Waals surface area contributed by atoms with Crippen molar-refractivity contribution in [1.29, 1.82) is 0 Å². The monoisotopic (exact) mass is 778 g/mol. The summed E-state index contributed by atoms with van der Waals surface area (Å²) < 4.78 is 0. The summed E-state index contributed by atoms with van der Waals surface area (Å²) in [6, 6.07) is 0. The Bertz CT molecular complexity index is 708. The second-order valence-electron chi connectivity index (χ2n) is 17.2. The van der Waals surface area contributed by atoms with Gasteiger partial charge >= 0.3 is 0 Å². The van der Waals surface area contributed by atoms with Crippen molar-refractivity contribution in [3.63, 3.8) is 0 Å². The number of amides is 2. The van der Waals surface area contributed by atoms with Crippen molar-refractivity contribution in [1.82, 2.24) is 16.0 Å². The number of aliphatic hydroxyl groups excluding tert-OH is 1. The van der Waals surface area contributed by atoms with Crippen LogP contribution in [-0.2, 0) is 9.59 Å². The Morgan fingerprint density at radius 1 is 0.364 bits per heavy atom. The van der Waals surface area contributed by atoms with Gasteiger partial charge in [-0.3, -0.25) is 9.59 Å². The molecule has 0 aromatic rings. The first kappa shape index (κ1) is 53.9. The van der Waals surface area contributed by atoms with E-state index in [1.54, 1.807) is 0 Å². The minimum atomic E-state index is -0.355. The lowest BCUT2D eigenvalue weighted by Gasteiger charge is -2.21. The van der Waals surface area contributed by atoms with Gasteiger partial charge in [-0.2, -0.15) is 0 Å². The van der Waals surface area contributed by atoms with Crippen LogP contribution in [-0.4, -0.2) is 42.8 Å². The summed E-state index contributed by atoms with van der Waals surface area (Å²) >= 11 is 0. The zero-order valence-corrected chi connectivity index (χ0v) is 37.5. The summed E-state index contributed by atoms with van der Waals surface area (Å²) in [6.45, 7) is 5.83. The van der Waals surface area contributed by atoms with Gasteiger partial charge < -0.3 is 21.1 Å². The van der Waals surface area contributed by atoms with Gasteiger partial charge in [0.1, 0.15) is 6.17 Å². The zero-order chi connectivity index (χ0) is 40.0. The van der Waals surface area contributed by atoms with E-state index in [0.29, 0.717) is 32.4 Å². The molecule has 0 bridgehead atoms. The number of rotatable bonds is 47. The molecule has 0 aliphatic heterocycles. The quantitative estimate of drug-likeness (QED) is 0.0366. The van der Waals surface area contributed by atoms with Crippen molar-refractivity contribution in [2.24, 2.45) is 0 Å². The Balaban J connectivity index is 3.76. The number of aliphatic hydroxyl groups is 1. The summed E-state index contributed by atoms with van der Waals surface area (Å²) in [5, 5.41) is 18.4. The van der Waals surface area contributed by atoms with Gasteiger partial charge in [0.25, 0.3) is 0 Å². The highest BCUT2D eigenvalue weighted by Crippen LogP contribution is 2.17. The van der Waals surface area contributed by atoms with Crippen LogP contribution in [0.5, 0.6) is 0 Å². The van der Waals surface area contributed by atoms with Gasteiger partial charge in [0.2, 0.25) is 11.8 Å². The average Bonchev–Trinajstić information content (AvgIpc) is 3.18. The summed E-state index contributed by atoms with van der Waals surface area (Å²) in [6.07, 6.45) is 52.4. The summed E-state index contributed by atoms with van der Waals surface area (Å²) in [4.78, 5) is 25.5. The predicted molar refractivity (Wildman–Crippen MR) is 241 cm³/mol. The topological polar surface area (TPSA) is 90.5 Å². The summed E-state index contributed by atoms with van der Waals surface area (Å²) in [5.74, 6) is 0.0610. The third-order valence-electron chi connectivity index (χ3n) is 11.6. The first-order valence-corrected chi connectivity index (χ1v) is 25.0. The summed E-state index contributed by atoms with van der Waals surface area (Å²) in [5.41, 5.74) is 0. The van der Waals surface area contributed by atoms with Crippen LogP contribution in [0.3, 0.4) is 0 Å². The van der Waals surface area contributed by atoms with Crippen LogP contribution in [0.15, 0.2) is 0 Å². The fourth-order valence-corrected chi connectivity index (χ4v) is 7.89. The maximum atomic E-state index is 12.7. The summed E-state index contributed by atoms with van der Waals surface area (Å²) in [7, 11) is 0. The Kier molecular flexibility index (Phi) is 46.3. The molecule has 0 atom stereocenters. The average molecular weight is 778 g/mol.